The van der Waals surface area contributed by atoms with Crippen LogP contribution >= 0.6 is 0 Å². The van der Waals surface area contributed by atoms with Gasteiger partial charge >= 0.3 is 5.97 Å². The summed E-state index contributed by atoms with van der Waals surface area (Å²) in [5, 5.41) is 8.77. The van der Waals surface area contributed by atoms with Crippen LogP contribution in [0.25, 0.3) is 0 Å². The molecule has 2 aliphatic heterocycles. The van der Waals surface area contributed by atoms with E-state index in [1.54, 1.807) is 0 Å². The van der Waals surface area contributed by atoms with Crippen molar-refractivity contribution >= 4 is 5.97 Å². The highest BCUT2D eigenvalue weighted by Crippen LogP contribution is 2.27. The molecule has 13 heavy (non-hydrogen) atoms. The Labute approximate surface area is 75.3 Å². The van der Waals surface area contributed by atoms with Crippen molar-refractivity contribution in [2.45, 2.75) is 25.5 Å². The lowest BCUT2D eigenvalue weighted by Gasteiger charge is -2.24. The number of nitrogens with one attached hydrogen (secondary N) is 1. The van der Waals surface area contributed by atoms with Crippen LogP contribution in [-0.4, -0.2) is 29.8 Å². The number of fused-ring (bicyclic) bond motifs is 1. The fraction of sp³-hybridized carbons (Fsp3) is 0.625. The van der Waals surface area contributed by atoms with Crippen LogP contribution in [0.3, 0.4) is 0 Å². The van der Waals surface area contributed by atoms with E-state index in [1.165, 1.54) is 0 Å². The normalized spacial score (nSPS) is 32.7. The van der Waals surface area contributed by atoms with E-state index in [-0.39, 0.29) is 17.9 Å². The SMILES string of the molecule is CC1CC2=C(C(=O)O)ONC2CO1. The van der Waals surface area contributed by atoms with Crippen molar-refractivity contribution in [3.8, 4) is 0 Å². The van der Waals surface area contributed by atoms with Crippen molar-refractivity contribution in [1.29, 1.82) is 0 Å². The first-order valence-electron chi connectivity index (χ1n) is 4.19. The second kappa shape index (κ2) is 3.01. The topological polar surface area (TPSA) is 67.8 Å². The average Bonchev–Trinajstić information content (AvgIpc) is 2.46. The molecular weight excluding hydrogens is 174 g/mol. The van der Waals surface area contributed by atoms with E-state index in [0.29, 0.717) is 13.0 Å². The molecule has 2 heterocycles. The first kappa shape index (κ1) is 8.52. The minimum absolute atomic E-state index is 0.0418. The van der Waals surface area contributed by atoms with Crippen LogP contribution in [-0.2, 0) is 14.4 Å². The Morgan fingerprint density at radius 2 is 2.46 bits per heavy atom. The van der Waals surface area contributed by atoms with E-state index in [1.807, 2.05) is 6.92 Å². The maximum atomic E-state index is 10.7. The molecule has 2 N–H and O–H groups in total. The summed E-state index contributed by atoms with van der Waals surface area (Å²) in [6.45, 7) is 2.40. The van der Waals surface area contributed by atoms with Gasteiger partial charge in [-0.05, 0) is 6.92 Å². The zero-order valence-corrected chi connectivity index (χ0v) is 7.24. The van der Waals surface area contributed by atoms with Crippen molar-refractivity contribution < 1.29 is 19.5 Å². The molecule has 0 saturated carbocycles. The quantitative estimate of drug-likeness (QED) is 0.603. The van der Waals surface area contributed by atoms with Crippen LogP contribution in [0.4, 0.5) is 0 Å². The minimum atomic E-state index is -1.01. The Morgan fingerprint density at radius 1 is 1.69 bits per heavy atom. The molecule has 5 heteroatoms. The van der Waals surface area contributed by atoms with Gasteiger partial charge < -0.3 is 14.7 Å². The largest absolute Gasteiger partial charge is 0.475 e. The van der Waals surface area contributed by atoms with Crippen molar-refractivity contribution in [1.82, 2.24) is 5.48 Å². The van der Waals surface area contributed by atoms with Gasteiger partial charge in [-0.25, -0.2) is 4.79 Å². The van der Waals surface area contributed by atoms with Gasteiger partial charge in [0.05, 0.1) is 18.8 Å². The number of hydrogen-bond acceptors (Lipinski definition) is 4. The number of hydroxylamine groups is 1. The molecule has 0 aromatic rings. The Balaban J connectivity index is 2.25. The molecule has 72 valence electrons. The van der Waals surface area contributed by atoms with Crippen LogP contribution in [0.5, 0.6) is 0 Å². The first-order chi connectivity index (χ1) is 6.18. The van der Waals surface area contributed by atoms with Gasteiger partial charge in [-0.2, -0.15) is 0 Å². The molecule has 0 spiro atoms. The number of aliphatic carboxylic acids is 1. The third kappa shape index (κ3) is 1.40. The first-order valence-corrected chi connectivity index (χ1v) is 4.19. The van der Waals surface area contributed by atoms with Crippen LogP contribution < -0.4 is 5.48 Å². The Hall–Kier alpha value is -1.07. The second-order valence-electron chi connectivity index (χ2n) is 3.28. The summed E-state index contributed by atoms with van der Waals surface area (Å²) in [4.78, 5) is 15.6. The predicted molar refractivity (Wildman–Crippen MR) is 42.7 cm³/mol. The van der Waals surface area contributed by atoms with Crippen LogP contribution in [0, 0.1) is 0 Å². The third-order valence-electron chi connectivity index (χ3n) is 2.26. The molecule has 2 atom stereocenters. The number of carbonyl (C=O) groups is 1. The summed E-state index contributed by atoms with van der Waals surface area (Å²) in [6, 6.07) is -0.0812. The van der Waals surface area contributed by atoms with Crippen molar-refractivity contribution in [3.63, 3.8) is 0 Å². The molecule has 0 amide bonds. The van der Waals surface area contributed by atoms with Gasteiger partial charge in [-0.1, -0.05) is 0 Å². The summed E-state index contributed by atoms with van der Waals surface area (Å²) >= 11 is 0. The van der Waals surface area contributed by atoms with Gasteiger partial charge in [-0.15, -0.1) is 5.48 Å². The highest BCUT2D eigenvalue weighted by Gasteiger charge is 2.35. The van der Waals surface area contributed by atoms with E-state index in [2.05, 4.69) is 5.48 Å². The molecule has 1 fully saturated rings. The highest BCUT2D eigenvalue weighted by molar-refractivity contribution is 5.86. The summed E-state index contributed by atoms with van der Waals surface area (Å²) in [5.74, 6) is -0.973. The Morgan fingerprint density at radius 3 is 3.15 bits per heavy atom. The molecule has 0 aromatic heterocycles. The molecule has 1 saturated heterocycles. The van der Waals surface area contributed by atoms with E-state index < -0.39 is 5.97 Å². The molecule has 0 radical (unpaired) electrons. The lowest BCUT2D eigenvalue weighted by Crippen LogP contribution is -2.36. The van der Waals surface area contributed by atoms with Gasteiger partial charge in [0.15, 0.2) is 0 Å². The molecule has 0 bridgehead atoms. The van der Waals surface area contributed by atoms with Crippen LogP contribution in [0.2, 0.25) is 0 Å². The maximum absolute atomic E-state index is 10.7. The van der Waals surface area contributed by atoms with E-state index >= 15 is 0 Å². The number of hydrogen-bond donors (Lipinski definition) is 2. The zero-order valence-electron chi connectivity index (χ0n) is 7.24. The minimum Gasteiger partial charge on any atom is -0.475 e. The molecular formula is C8H11NO4. The predicted octanol–water partition coefficient (Wildman–Crippen LogP) is 0.0373. The second-order valence-corrected chi connectivity index (χ2v) is 3.28. The molecule has 2 aliphatic rings. The van der Waals surface area contributed by atoms with E-state index in [0.717, 1.165) is 5.57 Å². The summed E-state index contributed by atoms with van der Waals surface area (Å²) in [7, 11) is 0. The average molecular weight is 185 g/mol. The smallest absolute Gasteiger partial charge is 0.373 e. The number of ether oxygens (including phenoxy) is 1. The fourth-order valence-electron chi connectivity index (χ4n) is 1.60. The maximum Gasteiger partial charge on any atom is 0.373 e. The summed E-state index contributed by atoms with van der Waals surface area (Å²) < 4.78 is 5.35. The van der Waals surface area contributed by atoms with Crippen molar-refractivity contribution in [3.05, 3.63) is 11.3 Å². The zero-order chi connectivity index (χ0) is 9.42. The monoisotopic (exact) mass is 185 g/mol. The third-order valence-corrected chi connectivity index (χ3v) is 2.26. The summed E-state index contributed by atoms with van der Waals surface area (Å²) in [6.07, 6.45) is 0.698. The molecule has 0 aliphatic carbocycles. The number of carboxylic acids is 1. The Kier molecular flexibility index (Phi) is 1.97. The van der Waals surface area contributed by atoms with E-state index in [9.17, 15) is 4.79 Å². The van der Waals surface area contributed by atoms with Gasteiger partial charge in [0.1, 0.15) is 0 Å². The van der Waals surface area contributed by atoms with Gasteiger partial charge in [-0.3, -0.25) is 0 Å². The van der Waals surface area contributed by atoms with Gasteiger partial charge in [0, 0.05) is 12.0 Å². The summed E-state index contributed by atoms with van der Waals surface area (Å²) in [5.41, 5.74) is 3.44. The lowest BCUT2D eigenvalue weighted by molar-refractivity contribution is -0.137. The molecule has 2 rings (SSSR count). The number of rotatable bonds is 1. The van der Waals surface area contributed by atoms with Crippen molar-refractivity contribution in [2.75, 3.05) is 6.61 Å². The van der Waals surface area contributed by atoms with Gasteiger partial charge in [0.2, 0.25) is 5.76 Å². The van der Waals surface area contributed by atoms with Crippen LogP contribution in [0.1, 0.15) is 13.3 Å². The fourth-order valence-corrected chi connectivity index (χ4v) is 1.60. The molecule has 0 aromatic carbocycles. The number of carboxylic acid groups (broad SMARTS) is 1. The Bertz CT molecular complexity index is 273. The van der Waals surface area contributed by atoms with Gasteiger partial charge in [0.25, 0.3) is 0 Å². The lowest BCUT2D eigenvalue weighted by atomic mass is 9.98. The molecule has 5 nitrogen and oxygen atoms in total. The standard InChI is InChI=1S/C8H11NO4/c1-4-2-5-6(3-12-4)9-13-7(5)8(10)11/h4,6,9H,2-3H2,1H3,(H,10,11). The van der Waals surface area contributed by atoms with Crippen LogP contribution in [0.15, 0.2) is 11.3 Å². The molecule has 2 unspecified atom stereocenters. The van der Waals surface area contributed by atoms with Crippen molar-refractivity contribution in [2.24, 2.45) is 0 Å². The van der Waals surface area contributed by atoms with E-state index in [4.69, 9.17) is 14.7 Å². The highest BCUT2D eigenvalue weighted by atomic mass is 16.7.